The van der Waals surface area contributed by atoms with E-state index in [-0.39, 0.29) is 5.41 Å². The number of ether oxygens (including phenoxy) is 1. The van der Waals surface area contributed by atoms with Gasteiger partial charge in [0, 0.05) is 6.61 Å². The van der Waals surface area contributed by atoms with Gasteiger partial charge in [-0.25, -0.2) is 0 Å². The average molecular weight is 227 g/mol. The Labute approximate surface area is 102 Å². The highest BCUT2D eigenvalue weighted by Crippen LogP contribution is 2.33. The second-order valence-corrected chi connectivity index (χ2v) is 5.33. The van der Waals surface area contributed by atoms with Gasteiger partial charge in [-0.2, -0.15) is 5.26 Å². The van der Waals surface area contributed by atoms with E-state index in [1.807, 2.05) is 0 Å². The average Bonchev–Trinajstić information content (AvgIpc) is 2.97. The second kappa shape index (κ2) is 4.16. The van der Waals surface area contributed by atoms with Crippen LogP contribution in [-0.4, -0.2) is 13.2 Å². The molecule has 17 heavy (non-hydrogen) atoms. The minimum absolute atomic E-state index is 0.271. The van der Waals surface area contributed by atoms with Crippen molar-refractivity contribution in [2.45, 2.75) is 32.1 Å². The number of fused-ring (bicyclic) bond motifs is 1. The Kier molecular flexibility index (Phi) is 2.64. The molecule has 1 fully saturated rings. The van der Waals surface area contributed by atoms with Crippen LogP contribution in [0.1, 0.15) is 29.5 Å². The zero-order valence-electron chi connectivity index (χ0n) is 10.0. The van der Waals surface area contributed by atoms with Crippen LogP contribution in [-0.2, 0) is 24.0 Å². The molecule has 1 aliphatic heterocycles. The lowest BCUT2D eigenvalue weighted by Crippen LogP contribution is -2.21. The molecule has 1 aromatic rings. The van der Waals surface area contributed by atoms with Crippen LogP contribution >= 0.6 is 0 Å². The highest BCUT2D eigenvalue weighted by atomic mass is 16.5. The van der Waals surface area contributed by atoms with Gasteiger partial charge in [-0.15, -0.1) is 0 Å². The Morgan fingerprint density at radius 2 is 2.18 bits per heavy atom. The van der Waals surface area contributed by atoms with E-state index in [4.69, 9.17) is 4.74 Å². The van der Waals surface area contributed by atoms with Crippen molar-refractivity contribution in [2.75, 3.05) is 13.2 Å². The highest BCUT2D eigenvalue weighted by Gasteiger charge is 2.35. The summed E-state index contributed by atoms with van der Waals surface area (Å²) in [7, 11) is 0. The predicted molar refractivity (Wildman–Crippen MR) is 65.7 cm³/mol. The van der Waals surface area contributed by atoms with Crippen LogP contribution in [0.15, 0.2) is 18.2 Å². The Hall–Kier alpha value is -1.33. The lowest BCUT2D eigenvalue weighted by atomic mass is 9.82. The quantitative estimate of drug-likeness (QED) is 0.778. The second-order valence-electron chi connectivity index (χ2n) is 5.33. The van der Waals surface area contributed by atoms with Crippen molar-refractivity contribution in [3.8, 4) is 6.07 Å². The fourth-order valence-electron chi connectivity index (χ4n) is 3.00. The van der Waals surface area contributed by atoms with E-state index in [9.17, 15) is 5.26 Å². The van der Waals surface area contributed by atoms with Gasteiger partial charge in [0.1, 0.15) is 0 Å². The zero-order chi connectivity index (χ0) is 11.7. The minimum Gasteiger partial charge on any atom is -0.380 e. The van der Waals surface area contributed by atoms with Gasteiger partial charge in [0.05, 0.1) is 18.1 Å². The summed E-state index contributed by atoms with van der Waals surface area (Å²) >= 11 is 0. The summed E-state index contributed by atoms with van der Waals surface area (Å²) < 4.78 is 5.39. The van der Waals surface area contributed by atoms with Gasteiger partial charge >= 0.3 is 0 Å². The van der Waals surface area contributed by atoms with Gasteiger partial charge in [0.2, 0.25) is 0 Å². The predicted octanol–water partition coefficient (Wildman–Crippen LogP) is 2.65. The van der Waals surface area contributed by atoms with Crippen LogP contribution in [0.4, 0.5) is 0 Å². The van der Waals surface area contributed by atoms with E-state index >= 15 is 0 Å². The van der Waals surface area contributed by atoms with Crippen molar-refractivity contribution < 1.29 is 4.74 Å². The first-order chi connectivity index (χ1) is 8.31. The summed E-state index contributed by atoms with van der Waals surface area (Å²) in [5, 5.41) is 9.34. The summed E-state index contributed by atoms with van der Waals surface area (Å²) in [6.07, 6.45) is 5.43. The molecule has 1 saturated heterocycles. The fraction of sp³-hybridized carbons (Fsp3) is 0.533. The number of nitriles is 1. The standard InChI is InChI=1S/C15H17NO/c16-10-15(6-7-17-11-15)9-12-4-5-13-2-1-3-14(13)8-12/h4-5,8H,1-3,6-7,9,11H2. The molecule has 2 nitrogen and oxygen atoms in total. The van der Waals surface area contributed by atoms with E-state index in [1.54, 1.807) is 0 Å². The van der Waals surface area contributed by atoms with E-state index in [2.05, 4.69) is 24.3 Å². The summed E-state index contributed by atoms with van der Waals surface area (Å²) in [6.45, 7) is 1.33. The third-order valence-corrected chi connectivity index (χ3v) is 4.05. The Morgan fingerprint density at radius 3 is 2.94 bits per heavy atom. The molecule has 0 bridgehead atoms. The maximum absolute atomic E-state index is 9.34. The molecule has 3 rings (SSSR count). The van der Waals surface area contributed by atoms with Gasteiger partial charge in [-0.3, -0.25) is 0 Å². The largest absolute Gasteiger partial charge is 0.380 e. The van der Waals surface area contributed by atoms with Crippen LogP contribution in [0.3, 0.4) is 0 Å². The summed E-state index contributed by atoms with van der Waals surface area (Å²) in [5.41, 5.74) is 4.03. The molecule has 2 heteroatoms. The minimum atomic E-state index is -0.271. The third-order valence-electron chi connectivity index (χ3n) is 4.05. The molecular formula is C15H17NO. The first-order valence-electron chi connectivity index (χ1n) is 6.41. The number of benzene rings is 1. The molecular weight excluding hydrogens is 210 g/mol. The third kappa shape index (κ3) is 1.96. The molecule has 0 aromatic heterocycles. The molecule has 88 valence electrons. The van der Waals surface area contributed by atoms with Gasteiger partial charge in [0.15, 0.2) is 0 Å². The molecule has 2 aliphatic rings. The molecule has 1 heterocycles. The van der Waals surface area contributed by atoms with Crippen molar-refractivity contribution in [1.29, 1.82) is 5.26 Å². The van der Waals surface area contributed by atoms with Crippen LogP contribution in [0.2, 0.25) is 0 Å². The van der Waals surface area contributed by atoms with Crippen LogP contribution in [0, 0.1) is 16.7 Å². The molecule has 0 saturated carbocycles. The maximum atomic E-state index is 9.34. The Morgan fingerprint density at radius 1 is 1.29 bits per heavy atom. The summed E-state index contributed by atoms with van der Waals surface area (Å²) in [4.78, 5) is 0. The number of hydrogen-bond donors (Lipinski definition) is 0. The monoisotopic (exact) mass is 227 g/mol. The number of nitrogens with zero attached hydrogens (tertiary/aromatic N) is 1. The number of rotatable bonds is 2. The van der Waals surface area contributed by atoms with Crippen molar-refractivity contribution in [1.82, 2.24) is 0 Å². The first kappa shape index (κ1) is 10.8. The van der Waals surface area contributed by atoms with Crippen LogP contribution < -0.4 is 0 Å². The van der Waals surface area contributed by atoms with E-state index in [1.165, 1.54) is 36.0 Å². The van der Waals surface area contributed by atoms with Crippen molar-refractivity contribution >= 4 is 0 Å². The Balaban J connectivity index is 1.83. The normalized spacial score (nSPS) is 26.8. The highest BCUT2D eigenvalue weighted by molar-refractivity contribution is 5.36. The van der Waals surface area contributed by atoms with E-state index in [0.29, 0.717) is 6.61 Å². The molecule has 0 spiro atoms. The zero-order valence-corrected chi connectivity index (χ0v) is 10.0. The molecule has 0 N–H and O–H groups in total. The van der Waals surface area contributed by atoms with Crippen LogP contribution in [0.25, 0.3) is 0 Å². The van der Waals surface area contributed by atoms with Crippen molar-refractivity contribution in [3.05, 3.63) is 34.9 Å². The lowest BCUT2D eigenvalue weighted by molar-refractivity contribution is 0.171. The van der Waals surface area contributed by atoms with E-state index in [0.717, 1.165) is 19.4 Å². The van der Waals surface area contributed by atoms with Gasteiger partial charge in [-0.05, 0) is 48.8 Å². The lowest BCUT2D eigenvalue weighted by Gasteiger charge is -2.18. The fourth-order valence-corrected chi connectivity index (χ4v) is 3.00. The topological polar surface area (TPSA) is 33.0 Å². The maximum Gasteiger partial charge on any atom is 0.0868 e. The van der Waals surface area contributed by atoms with Gasteiger partial charge in [-0.1, -0.05) is 18.2 Å². The van der Waals surface area contributed by atoms with Crippen LogP contribution in [0.5, 0.6) is 0 Å². The molecule has 0 amide bonds. The summed E-state index contributed by atoms with van der Waals surface area (Å²) in [5.74, 6) is 0. The Bertz CT molecular complexity index is 466. The van der Waals surface area contributed by atoms with Crippen molar-refractivity contribution in [2.24, 2.45) is 5.41 Å². The van der Waals surface area contributed by atoms with Crippen molar-refractivity contribution in [3.63, 3.8) is 0 Å². The van der Waals surface area contributed by atoms with Gasteiger partial charge < -0.3 is 4.74 Å². The summed E-state index contributed by atoms with van der Waals surface area (Å²) in [6, 6.07) is 9.22. The number of hydrogen-bond acceptors (Lipinski definition) is 2. The molecule has 1 aromatic carbocycles. The SMILES string of the molecule is N#CC1(Cc2ccc3c(c2)CCC3)CCOC1. The molecule has 1 unspecified atom stereocenters. The molecule has 1 atom stereocenters. The van der Waals surface area contributed by atoms with E-state index < -0.39 is 0 Å². The first-order valence-corrected chi connectivity index (χ1v) is 6.41. The molecule has 1 aliphatic carbocycles. The smallest absolute Gasteiger partial charge is 0.0868 e. The van der Waals surface area contributed by atoms with Gasteiger partial charge in [0.25, 0.3) is 0 Å². The molecule has 0 radical (unpaired) electrons. The number of aryl methyl sites for hydroxylation is 2.